The predicted octanol–water partition coefficient (Wildman–Crippen LogP) is 6.93. The second-order valence-corrected chi connectivity index (χ2v) is 7.76. The van der Waals surface area contributed by atoms with Crippen molar-refractivity contribution in [2.45, 2.75) is 25.7 Å². The zero-order chi connectivity index (χ0) is 16.6. The molecule has 26 heavy (non-hydrogen) atoms. The van der Waals surface area contributed by atoms with E-state index < -0.39 is 0 Å². The van der Waals surface area contributed by atoms with Gasteiger partial charge in [-0.2, -0.15) is 0 Å². The number of pyridine rings is 1. The van der Waals surface area contributed by atoms with Crippen LogP contribution in [0.4, 0.5) is 0 Å². The van der Waals surface area contributed by atoms with E-state index in [2.05, 4.69) is 66.7 Å². The number of rotatable bonds is 2. The van der Waals surface area contributed by atoms with Crippen LogP contribution in [0.2, 0.25) is 0 Å². The van der Waals surface area contributed by atoms with Crippen LogP contribution in [0.3, 0.4) is 0 Å². The van der Waals surface area contributed by atoms with Crippen molar-refractivity contribution in [3.05, 3.63) is 77.2 Å². The maximum Gasteiger partial charge on any atom is 0.125 e. The van der Waals surface area contributed by atoms with Crippen LogP contribution in [0.25, 0.3) is 32.6 Å². The van der Waals surface area contributed by atoms with Crippen LogP contribution in [-0.4, -0.2) is 4.98 Å². The fourth-order valence-electron chi connectivity index (χ4n) is 3.86. The number of aromatic nitrogens is 1. The van der Waals surface area contributed by atoms with E-state index in [0.29, 0.717) is 0 Å². The number of nitrogens with zero attached hydrogens (tertiary/aromatic N) is 1. The van der Waals surface area contributed by atoms with Gasteiger partial charge in [0.05, 0.1) is 5.69 Å². The summed E-state index contributed by atoms with van der Waals surface area (Å²) in [6.45, 7) is 0. The van der Waals surface area contributed by atoms with Gasteiger partial charge in [-0.3, -0.25) is 0 Å². The van der Waals surface area contributed by atoms with Crippen molar-refractivity contribution >= 4 is 34.0 Å². The standard InChI is InChI=1S/C23H19NS.ClH/c1-3-9-16(10-4-1)19-15-20(17-11-5-2-6-12-17)24-23-22(19)18-13-7-8-14-21(18)25-23;/h1-6,9-12,15H,7-8,13-14H2;1H. The third kappa shape index (κ3) is 2.94. The van der Waals surface area contributed by atoms with Crippen LogP contribution in [0, 0.1) is 0 Å². The van der Waals surface area contributed by atoms with Crippen molar-refractivity contribution in [1.82, 2.24) is 4.98 Å². The maximum atomic E-state index is 5.06. The first kappa shape index (κ1) is 17.3. The quantitative estimate of drug-likeness (QED) is 0.369. The molecule has 2 heterocycles. The van der Waals surface area contributed by atoms with Gasteiger partial charge >= 0.3 is 0 Å². The summed E-state index contributed by atoms with van der Waals surface area (Å²) in [6.07, 6.45) is 5.02. The average Bonchev–Trinajstić information content (AvgIpc) is 3.07. The molecule has 130 valence electrons. The molecule has 0 fully saturated rings. The Morgan fingerprint density at radius 2 is 1.42 bits per heavy atom. The third-order valence-corrected chi connectivity index (χ3v) is 6.27. The largest absolute Gasteiger partial charge is 0.237 e. The fourth-order valence-corrected chi connectivity index (χ4v) is 5.15. The molecule has 0 atom stereocenters. The lowest BCUT2D eigenvalue weighted by atomic mass is 9.92. The molecule has 4 aromatic rings. The molecule has 0 saturated heterocycles. The maximum absolute atomic E-state index is 5.06. The highest BCUT2D eigenvalue weighted by Gasteiger charge is 2.21. The van der Waals surface area contributed by atoms with Gasteiger partial charge in [0.15, 0.2) is 0 Å². The Labute approximate surface area is 164 Å². The van der Waals surface area contributed by atoms with E-state index in [1.807, 2.05) is 11.3 Å². The molecule has 1 nitrogen and oxygen atoms in total. The Morgan fingerprint density at radius 3 is 2.15 bits per heavy atom. The van der Waals surface area contributed by atoms with Crippen LogP contribution < -0.4 is 0 Å². The molecule has 0 radical (unpaired) electrons. The van der Waals surface area contributed by atoms with Crippen molar-refractivity contribution in [1.29, 1.82) is 0 Å². The van der Waals surface area contributed by atoms with Crippen molar-refractivity contribution < 1.29 is 0 Å². The molecule has 5 rings (SSSR count). The van der Waals surface area contributed by atoms with Crippen LogP contribution in [0.15, 0.2) is 66.7 Å². The van der Waals surface area contributed by atoms with Crippen LogP contribution >= 0.6 is 23.7 Å². The number of aryl methyl sites for hydroxylation is 2. The average molecular weight is 378 g/mol. The highest BCUT2D eigenvalue weighted by Crippen LogP contribution is 2.42. The highest BCUT2D eigenvalue weighted by atomic mass is 35.5. The SMILES string of the molecule is Cl.c1ccc(-c2cc(-c3ccccc3)c3c4c(sc3n2)CCCC4)cc1. The molecule has 0 spiro atoms. The van der Waals surface area contributed by atoms with Crippen LogP contribution in [-0.2, 0) is 12.8 Å². The molecule has 2 aromatic carbocycles. The summed E-state index contributed by atoms with van der Waals surface area (Å²) in [4.78, 5) is 7.81. The number of fused-ring (bicyclic) bond motifs is 3. The summed E-state index contributed by atoms with van der Waals surface area (Å²) in [5, 5.41) is 1.39. The van der Waals surface area contributed by atoms with E-state index in [-0.39, 0.29) is 12.4 Å². The Kier molecular flexibility index (Phi) is 4.80. The summed E-state index contributed by atoms with van der Waals surface area (Å²) in [6, 6.07) is 23.6. The summed E-state index contributed by atoms with van der Waals surface area (Å²) in [5.41, 5.74) is 6.44. The van der Waals surface area contributed by atoms with Crippen LogP contribution in [0.5, 0.6) is 0 Å². The molecule has 1 aliphatic carbocycles. The zero-order valence-electron chi connectivity index (χ0n) is 14.4. The van der Waals surface area contributed by atoms with Gasteiger partial charge in [0, 0.05) is 15.8 Å². The predicted molar refractivity (Wildman–Crippen MR) is 114 cm³/mol. The van der Waals surface area contributed by atoms with E-state index in [0.717, 1.165) is 5.69 Å². The van der Waals surface area contributed by atoms with Gasteiger partial charge in [0.25, 0.3) is 0 Å². The molecule has 0 amide bonds. The minimum Gasteiger partial charge on any atom is -0.237 e. The number of hydrogen-bond donors (Lipinski definition) is 0. The molecule has 2 aromatic heterocycles. The monoisotopic (exact) mass is 377 g/mol. The van der Waals surface area contributed by atoms with E-state index in [9.17, 15) is 0 Å². The first-order valence-corrected chi connectivity index (χ1v) is 9.78. The van der Waals surface area contributed by atoms with Crippen molar-refractivity contribution in [2.24, 2.45) is 0 Å². The van der Waals surface area contributed by atoms with Gasteiger partial charge in [0.2, 0.25) is 0 Å². The summed E-state index contributed by atoms with van der Waals surface area (Å²) < 4.78 is 0. The highest BCUT2D eigenvalue weighted by molar-refractivity contribution is 7.19. The molecule has 0 bridgehead atoms. The second kappa shape index (κ2) is 7.22. The molecule has 1 aliphatic rings. The molecule has 0 N–H and O–H groups in total. The first-order valence-electron chi connectivity index (χ1n) is 8.96. The minimum absolute atomic E-state index is 0. The van der Waals surface area contributed by atoms with Gasteiger partial charge in [-0.15, -0.1) is 23.7 Å². The smallest absolute Gasteiger partial charge is 0.125 e. The number of thiophene rings is 1. The summed E-state index contributed by atoms with van der Waals surface area (Å²) in [7, 11) is 0. The van der Waals surface area contributed by atoms with Gasteiger partial charge in [-0.25, -0.2) is 4.98 Å². The molecule has 0 unspecified atom stereocenters. The number of hydrogen-bond acceptors (Lipinski definition) is 2. The lowest BCUT2D eigenvalue weighted by Crippen LogP contribution is -1.98. The summed E-state index contributed by atoms with van der Waals surface area (Å²) in [5.74, 6) is 0. The molecule has 0 saturated carbocycles. The minimum atomic E-state index is 0. The normalized spacial score (nSPS) is 13.2. The molecular weight excluding hydrogens is 358 g/mol. The fraction of sp³-hybridized carbons (Fsp3) is 0.174. The van der Waals surface area contributed by atoms with Gasteiger partial charge < -0.3 is 0 Å². The summed E-state index contributed by atoms with van der Waals surface area (Å²) >= 11 is 1.91. The first-order chi connectivity index (χ1) is 12.4. The number of halogens is 1. The van der Waals surface area contributed by atoms with Gasteiger partial charge in [-0.05, 0) is 48.4 Å². The van der Waals surface area contributed by atoms with Crippen LogP contribution in [0.1, 0.15) is 23.3 Å². The molecule has 0 aliphatic heterocycles. The Hall–Kier alpha value is -2.16. The van der Waals surface area contributed by atoms with Gasteiger partial charge in [-0.1, -0.05) is 60.7 Å². The third-order valence-electron chi connectivity index (χ3n) is 5.08. The van der Waals surface area contributed by atoms with Gasteiger partial charge in [0.1, 0.15) is 4.83 Å². The number of benzene rings is 2. The lowest BCUT2D eigenvalue weighted by Gasteiger charge is -2.13. The van der Waals surface area contributed by atoms with E-state index in [4.69, 9.17) is 4.98 Å². The van der Waals surface area contributed by atoms with Crippen molar-refractivity contribution in [3.63, 3.8) is 0 Å². The van der Waals surface area contributed by atoms with E-state index >= 15 is 0 Å². The lowest BCUT2D eigenvalue weighted by molar-refractivity contribution is 0.700. The Morgan fingerprint density at radius 1 is 0.769 bits per heavy atom. The Balaban J connectivity index is 0.00000168. The zero-order valence-corrected chi connectivity index (χ0v) is 16.1. The molecule has 3 heteroatoms. The Bertz CT molecular complexity index is 1040. The van der Waals surface area contributed by atoms with E-state index in [1.165, 1.54) is 52.6 Å². The van der Waals surface area contributed by atoms with E-state index in [1.54, 1.807) is 10.4 Å². The molecular formula is C23H20ClNS. The second-order valence-electron chi connectivity index (χ2n) is 6.68. The van der Waals surface area contributed by atoms with Crippen molar-refractivity contribution in [3.8, 4) is 22.4 Å². The van der Waals surface area contributed by atoms with Crippen molar-refractivity contribution in [2.75, 3.05) is 0 Å². The topological polar surface area (TPSA) is 12.9 Å².